The zero-order valence-electron chi connectivity index (χ0n) is 56.2. The molecular formula is C76H101ClLiN4O17+. The standard InChI is InChI=1S/2C16H20O3.C13H14N2O2.C13H14N2O.C9H8O2.C4H10O.C3H7O.2CH4.ClHO4.Li/c1-2-17-15-9-6-12-11-13(7-8-14(12)15)19-16-5-3-4-10-18-16;17-9-8-12-4-5-13-11-14(6-7-15(12)13)19-16-3-1-2-10-18-16;16-11-3-4-12-8(1-2-9(12)6-11)5-10-7-14-13(17)15-10;16-12-3-4-13-9(1-2-10(13)6-12)5-11-7-14-8-15-11;10-7-2-3-8-6(5-7)1-4-9(8)11;1-3-5-4-2;1-3(2)4;;;2-1(3,4)5;/h2,7-8,11,15-16H,1,3-6,9-10H2;6-7,9,11-12,16H,1-5,8,10H2;3-4,6-8,16H,1-2,5H2,(H2,14,15,17);3-4,6-9,16H,1-2,5H2,(H,14,15);2-3,5,10H,1,4H2;3-4H2,1-2H3;3-4H,1H2,2H3;2*1H4;(H,2,3,4,5);/q;;;;;;+1;;;;+1/p-1. The topological polar surface area (TPSA) is 340 Å². The van der Waals surface area contributed by atoms with Crippen LogP contribution in [0.3, 0.4) is 0 Å². The number of rotatable bonds is 14. The second-order valence-corrected chi connectivity index (χ2v) is 25.0. The molecule has 7 atom stereocenters. The van der Waals surface area contributed by atoms with Crippen LogP contribution in [-0.2, 0) is 68.7 Å². The minimum atomic E-state index is -4.94. The summed E-state index contributed by atoms with van der Waals surface area (Å²) in [6, 6.07) is 28.7. The van der Waals surface area contributed by atoms with Crippen LogP contribution in [0.25, 0.3) is 0 Å². The van der Waals surface area contributed by atoms with Crippen molar-refractivity contribution in [1.29, 1.82) is 0 Å². The number of carbonyl (C=O) groups is 2. The Balaban J connectivity index is 0.000000250. The number of aromatic hydroxyl groups is 3. The van der Waals surface area contributed by atoms with Crippen molar-refractivity contribution in [3.8, 4) is 28.7 Å². The first-order valence-corrected chi connectivity index (χ1v) is 34.4. The Labute approximate surface area is 597 Å². The molecule has 7 aliphatic rings. The normalized spacial score (nSPS) is 19.4. The van der Waals surface area contributed by atoms with Crippen LogP contribution in [0.15, 0.2) is 127 Å². The van der Waals surface area contributed by atoms with E-state index < -0.39 is 16.3 Å². The number of ketones is 1. The maximum Gasteiger partial charge on any atom is 1.00 e. The van der Waals surface area contributed by atoms with Crippen LogP contribution in [0, 0.1) is 17.2 Å². The number of aromatic amines is 3. The molecule has 5 aliphatic carbocycles. The van der Waals surface area contributed by atoms with E-state index in [1.165, 1.54) is 69.3 Å². The summed E-state index contributed by atoms with van der Waals surface area (Å²) in [6.07, 6.45) is 26.5. The Kier molecular flexibility index (Phi) is 36.8. The summed E-state index contributed by atoms with van der Waals surface area (Å²) in [5.74, 6) is 4.38. The van der Waals surface area contributed by atoms with Gasteiger partial charge in [0.1, 0.15) is 41.1 Å². The third kappa shape index (κ3) is 28.3. The zero-order chi connectivity index (χ0) is 69.0. The van der Waals surface area contributed by atoms with Crippen LogP contribution in [-0.4, -0.2) is 97.5 Å². The number of benzene rings is 5. The molecule has 23 heteroatoms. The van der Waals surface area contributed by atoms with Gasteiger partial charge < -0.3 is 68.6 Å². The van der Waals surface area contributed by atoms with Crippen LogP contribution in [0.5, 0.6) is 28.7 Å². The number of nitrogens with one attached hydrogen (secondary N) is 3. The number of phenolic OH excluding ortho intramolecular Hbond substituents is 3. The zero-order valence-corrected chi connectivity index (χ0v) is 56.9. The average molecular weight is 1390 g/mol. The van der Waals surface area contributed by atoms with E-state index in [1.807, 2.05) is 50.4 Å². The monoisotopic (exact) mass is 1380 g/mol. The summed E-state index contributed by atoms with van der Waals surface area (Å²) in [4.78, 5) is 45.4. The molecular weight excluding hydrogens is 1280 g/mol. The molecule has 2 aliphatic heterocycles. The van der Waals surface area contributed by atoms with E-state index >= 15 is 0 Å². The van der Waals surface area contributed by atoms with E-state index in [2.05, 4.69) is 63.8 Å². The number of aromatic nitrogens is 4. The Morgan fingerprint density at radius 2 is 1.10 bits per heavy atom. The first-order chi connectivity index (χ1) is 46.2. The quantitative estimate of drug-likeness (QED) is 0.0243. The number of aldehydes is 1. The van der Waals surface area contributed by atoms with Crippen molar-refractivity contribution in [3.05, 3.63) is 207 Å². The molecule has 7 N–H and O–H groups in total. The van der Waals surface area contributed by atoms with Gasteiger partial charge in [-0.1, -0.05) is 45.7 Å². The molecule has 2 saturated heterocycles. The number of hydrogen-bond donors (Lipinski definition) is 7. The minimum absolute atomic E-state index is 0. The van der Waals surface area contributed by atoms with Gasteiger partial charge in [-0.05, 0) is 245 Å². The average Bonchev–Trinajstić information content (AvgIpc) is 1.73. The van der Waals surface area contributed by atoms with Crippen LogP contribution >= 0.6 is 0 Å². The van der Waals surface area contributed by atoms with E-state index in [9.17, 15) is 24.6 Å². The summed E-state index contributed by atoms with van der Waals surface area (Å²) in [5.41, 5.74) is 14.2. The van der Waals surface area contributed by atoms with Crippen molar-refractivity contribution in [3.63, 3.8) is 0 Å². The number of fused-ring (bicyclic) bond motifs is 5. The summed E-state index contributed by atoms with van der Waals surface area (Å²) < 4.78 is 67.3. The molecule has 2 aromatic heterocycles. The molecule has 2 fully saturated rings. The van der Waals surface area contributed by atoms with E-state index in [4.69, 9.17) is 57.3 Å². The molecule has 4 heterocycles. The SMILES string of the molecule is C.C.C=COC1CCc2cc(OC3CCCCO3)ccc21.CCOCC.O=C1CCc2cc(O)ccc21.O=CCC1CCc2cc(OC3CCCCO3)ccc21.O=c1[nH]cc(CC2CCc3cc(O)ccc32)[nH]1.Oc1ccc2c(c1)CCC2Cc1cnc[nH]1.[CH2+]C(C)O.[Li+].[O-][Cl+3]([O-])([O-])[O-]. The van der Waals surface area contributed by atoms with E-state index in [0.29, 0.717) is 42.1 Å². The summed E-state index contributed by atoms with van der Waals surface area (Å²) in [7, 11) is -4.94. The number of nitrogens with zero attached hydrogens (tertiary/aromatic N) is 1. The van der Waals surface area contributed by atoms with Crippen LogP contribution in [0.1, 0.15) is 208 Å². The molecule has 0 radical (unpaired) electrons. The second-order valence-electron chi connectivity index (χ2n) is 24.3. The number of imidazole rings is 2. The van der Waals surface area contributed by atoms with E-state index in [0.717, 1.165) is 157 Å². The summed E-state index contributed by atoms with van der Waals surface area (Å²) in [5, 5.41) is 35.9. The molecule has 21 nitrogen and oxygen atoms in total. The molecule has 7 unspecified atom stereocenters. The predicted molar refractivity (Wildman–Crippen MR) is 365 cm³/mol. The fraction of sp³-hybridized carbons (Fsp3) is 0.461. The van der Waals surface area contributed by atoms with Crippen LogP contribution < -0.4 is 52.7 Å². The minimum Gasteiger partial charge on any atom is -0.508 e. The summed E-state index contributed by atoms with van der Waals surface area (Å²) >= 11 is 0. The largest absolute Gasteiger partial charge is 1.00 e. The van der Waals surface area contributed by atoms with Crippen molar-refractivity contribution in [1.82, 2.24) is 19.9 Å². The molecule has 0 amide bonds. The maximum atomic E-state index is 11.1. The molecule has 99 heavy (non-hydrogen) atoms. The van der Waals surface area contributed by atoms with Gasteiger partial charge in [-0.3, -0.25) is 4.79 Å². The van der Waals surface area contributed by atoms with Crippen molar-refractivity contribution in [2.45, 2.75) is 200 Å². The van der Waals surface area contributed by atoms with Gasteiger partial charge in [-0.2, -0.15) is 0 Å². The number of aryl methyl sites for hydroxylation is 5. The third-order valence-electron chi connectivity index (χ3n) is 17.1. The summed E-state index contributed by atoms with van der Waals surface area (Å²) in [6.45, 7) is 15.7. The molecule has 0 saturated carbocycles. The van der Waals surface area contributed by atoms with Crippen LogP contribution in [0.2, 0.25) is 0 Å². The predicted octanol–water partition coefficient (Wildman–Crippen LogP) is 7.30. The molecule has 534 valence electrons. The van der Waals surface area contributed by atoms with Crippen molar-refractivity contribution < 1.29 is 106 Å². The number of halogens is 1. The van der Waals surface area contributed by atoms with Gasteiger partial charge in [0.05, 0.1) is 32.7 Å². The fourth-order valence-electron chi connectivity index (χ4n) is 12.8. The number of ether oxygens (including phenoxy) is 6. The van der Waals surface area contributed by atoms with Gasteiger partial charge in [0.25, 0.3) is 0 Å². The smallest absolute Gasteiger partial charge is 0.508 e. The van der Waals surface area contributed by atoms with Crippen molar-refractivity contribution in [2.24, 2.45) is 0 Å². The first kappa shape index (κ1) is 84.1. The molecule has 0 bridgehead atoms. The van der Waals surface area contributed by atoms with Gasteiger partial charge in [-0.25, -0.2) is 28.4 Å². The Hall–Kier alpha value is -7.36. The van der Waals surface area contributed by atoms with Gasteiger partial charge in [0.2, 0.25) is 0 Å². The Morgan fingerprint density at radius 3 is 1.57 bits per heavy atom. The van der Waals surface area contributed by atoms with Gasteiger partial charge in [0.15, 0.2) is 24.5 Å². The number of H-pyrrole nitrogens is 3. The number of Topliss-reactive ketones (excluding diaryl/α,β-unsaturated/α-hetero) is 1. The van der Waals surface area contributed by atoms with Gasteiger partial charge >= 0.3 is 24.6 Å². The number of phenols is 3. The first-order valence-electron chi connectivity index (χ1n) is 33.2. The van der Waals surface area contributed by atoms with Crippen molar-refractivity contribution in [2.75, 3.05) is 26.4 Å². The third-order valence-corrected chi connectivity index (χ3v) is 17.1. The molecule has 0 spiro atoms. The molecule has 14 rings (SSSR count). The number of carbonyl (C=O) groups excluding carboxylic acids is 2. The number of hydrogen-bond acceptors (Lipinski definition) is 18. The second kappa shape index (κ2) is 43.3. The fourth-order valence-corrected chi connectivity index (χ4v) is 12.8. The number of aliphatic hydroxyl groups is 1. The van der Waals surface area contributed by atoms with Crippen molar-refractivity contribution >= 4 is 12.1 Å². The van der Waals surface area contributed by atoms with E-state index in [1.54, 1.807) is 49.8 Å². The van der Waals surface area contributed by atoms with Gasteiger partial charge in [0, 0.05) is 75.2 Å². The van der Waals surface area contributed by atoms with Crippen LogP contribution in [0.4, 0.5) is 0 Å². The Morgan fingerprint density at radius 1 is 0.636 bits per heavy atom. The molecule has 5 aromatic carbocycles. The number of aliphatic hydroxyl groups excluding tert-OH is 1. The molecule has 7 aromatic rings. The van der Waals surface area contributed by atoms with E-state index in [-0.39, 0.29) is 69.6 Å². The maximum absolute atomic E-state index is 11.1. The Bertz CT molecular complexity index is 3470. The van der Waals surface area contributed by atoms with Gasteiger partial charge in [-0.15, -0.1) is 10.2 Å².